The fraction of sp³-hybridized carbons (Fsp3) is 0.500. The highest BCUT2D eigenvalue weighted by atomic mass is 19.4. The average Bonchev–Trinajstić information content (AvgIpc) is 3.18. The van der Waals surface area contributed by atoms with Crippen molar-refractivity contribution in [3.05, 3.63) is 29.3 Å². The fourth-order valence-corrected chi connectivity index (χ4v) is 4.10. The highest BCUT2D eigenvalue weighted by Crippen LogP contribution is 2.37. The minimum atomic E-state index is -4.42. The van der Waals surface area contributed by atoms with E-state index in [1.54, 1.807) is 18.2 Å². The van der Waals surface area contributed by atoms with Gasteiger partial charge in [-0.15, -0.1) is 5.10 Å². The molecule has 1 aliphatic carbocycles. The van der Waals surface area contributed by atoms with Crippen LogP contribution in [0.1, 0.15) is 51.2 Å². The Bertz CT molecular complexity index is 1230. The van der Waals surface area contributed by atoms with E-state index in [9.17, 15) is 13.2 Å². The Hall–Kier alpha value is -3.35. The number of aromatic nitrogens is 3. The van der Waals surface area contributed by atoms with E-state index < -0.39 is 18.2 Å². The van der Waals surface area contributed by atoms with Crippen LogP contribution in [0.2, 0.25) is 0 Å². The van der Waals surface area contributed by atoms with Gasteiger partial charge in [-0.3, -0.25) is 0 Å². The number of alkyl halides is 3. The number of benzene rings is 1. The molecule has 3 aromatic rings. The second-order valence-electron chi connectivity index (χ2n) is 9.80. The van der Waals surface area contributed by atoms with Gasteiger partial charge in [-0.2, -0.15) is 18.4 Å². The predicted molar refractivity (Wildman–Crippen MR) is 120 cm³/mol. The Morgan fingerprint density at radius 1 is 1.18 bits per heavy atom. The maximum atomic E-state index is 12.7. The van der Waals surface area contributed by atoms with E-state index in [1.165, 1.54) is 0 Å². The molecule has 0 bridgehead atoms. The van der Waals surface area contributed by atoms with Crippen LogP contribution >= 0.6 is 0 Å². The Labute approximate surface area is 195 Å². The van der Waals surface area contributed by atoms with Crippen LogP contribution in [0, 0.1) is 24.2 Å². The lowest BCUT2D eigenvalue weighted by atomic mass is 9.79. The molecule has 0 radical (unpaired) electrons. The summed E-state index contributed by atoms with van der Waals surface area (Å²) >= 11 is 0. The summed E-state index contributed by atoms with van der Waals surface area (Å²) in [6.07, 6.45) is -2.11. The molecule has 1 saturated carbocycles. The third kappa shape index (κ3) is 5.24. The Kier molecular flexibility index (Phi) is 6.14. The van der Waals surface area contributed by atoms with Crippen molar-refractivity contribution in [3.8, 4) is 23.4 Å². The summed E-state index contributed by atoms with van der Waals surface area (Å²) in [6.45, 7) is 6.39. The number of nitriles is 1. The minimum Gasteiger partial charge on any atom is -0.484 e. The summed E-state index contributed by atoms with van der Waals surface area (Å²) in [6, 6.07) is 7.64. The highest BCUT2D eigenvalue weighted by Gasteiger charge is 2.31. The molecule has 0 atom stereocenters. The van der Waals surface area contributed by atoms with E-state index in [0.29, 0.717) is 35.0 Å². The molecule has 10 heteroatoms. The number of pyridine rings is 1. The molecule has 2 aromatic heterocycles. The van der Waals surface area contributed by atoms with E-state index in [2.05, 4.69) is 21.6 Å². The zero-order valence-electron chi connectivity index (χ0n) is 19.5. The smallest absolute Gasteiger partial charge is 0.422 e. The number of hydrogen-bond donors (Lipinski definition) is 1. The van der Waals surface area contributed by atoms with Crippen LogP contribution in [0.3, 0.4) is 0 Å². The molecule has 0 amide bonds. The molecule has 0 spiro atoms. The topological polar surface area (TPSA) is 96.9 Å². The maximum Gasteiger partial charge on any atom is 0.422 e. The van der Waals surface area contributed by atoms with Crippen molar-refractivity contribution < 1.29 is 22.3 Å². The standard InChI is InChI=1S/C24H26F3N5O2/c1-13-7-19(21-31-32-22(34-21)29-15-8-14(9-15)5-6-28)30-20-17(13)10-16(33-12-24(25,26)27)11-18(20)23(2,3)4/h7,10-11,14-15H,5,8-9,12H2,1-4H3,(H,29,32). The Morgan fingerprint density at radius 3 is 2.56 bits per heavy atom. The van der Waals surface area contributed by atoms with Gasteiger partial charge in [-0.25, -0.2) is 4.98 Å². The summed E-state index contributed by atoms with van der Waals surface area (Å²) in [5.41, 5.74) is 2.28. The van der Waals surface area contributed by atoms with E-state index in [0.717, 1.165) is 24.0 Å². The SMILES string of the molecule is Cc1cc(-c2nnc(NC3CC(CC#N)C3)o2)nc2c(C(C)(C)C)cc(OCC(F)(F)F)cc12. The van der Waals surface area contributed by atoms with Crippen LogP contribution in [0.5, 0.6) is 5.75 Å². The monoisotopic (exact) mass is 473 g/mol. The summed E-state index contributed by atoms with van der Waals surface area (Å²) in [5, 5.41) is 20.9. The van der Waals surface area contributed by atoms with Gasteiger partial charge in [0.15, 0.2) is 6.61 Å². The van der Waals surface area contributed by atoms with Gasteiger partial charge in [0.2, 0.25) is 0 Å². The van der Waals surface area contributed by atoms with Gasteiger partial charge in [-0.05, 0) is 60.4 Å². The predicted octanol–water partition coefficient (Wildman–Crippen LogP) is 5.94. The van der Waals surface area contributed by atoms with Gasteiger partial charge in [-0.1, -0.05) is 25.9 Å². The lowest BCUT2D eigenvalue weighted by molar-refractivity contribution is -0.153. The largest absolute Gasteiger partial charge is 0.484 e. The lowest BCUT2D eigenvalue weighted by Gasteiger charge is -2.33. The number of anilines is 1. The van der Waals surface area contributed by atoms with Gasteiger partial charge in [0.1, 0.15) is 11.4 Å². The van der Waals surface area contributed by atoms with Crippen molar-refractivity contribution in [1.29, 1.82) is 5.26 Å². The molecule has 1 fully saturated rings. The first-order chi connectivity index (χ1) is 15.9. The second-order valence-corrected chi connectivity index (χ2v) is 9.80. The Morgan fingerprint density at radius 2 is 1.91 bits per heavy atom. The molecule has 0 saturated heterocycles. The van der Waals surface area contributed by atoms with E-state index >= 15 is 0 Å². The summed E-state index contributed by atoms with van der Waals surface area (Å²) in [7, 11) is 0. The first-order valence-electron chi connectivity index (χ1n) is 11.1. The van der Waals surface area contributed by atoms with Crippen LogP contribution in [0.15, 0.2) is 22.6 Å². The number of fused-ring (bicyclic) bond motifs is 1. The van der Waals surface area contributed by atoms with E-state index in [-0.39, 0.29) is 17.7 Å². The number of aryl methyl sites for hydroxylation is 1. The number of ether oxygens (including phenoxy) is 1. The Balaban J connectivity index is 1.64. The van der Waals surface area contributed by atoms with Crippen molar-refractivity contribution in [2.45, 2.75) is 64.6 Å². The van der Waals surface area contributed by atoms with Gasteiger partial charge in [0.25, 0.3) is 5.89 Å². The molecule has 4 rings (SSSR count). The third-order valence-corrected chi connectivity index (χ3v) is 5.89. The molecule has 2 heterocycles. The quantitative estimate of drug-likeness (QED) is 0.473. The van der Waals surface area contributed by atoms with Gasteiger partial charge < -0.3 is 14.5 Å². The van der Waals surface area contributed by atoms with Crippen molar-refractivity contribution in [1.82, 2.24) is 15.2 Å². The molecule has 1 aromatic carbocycles. The zero-order chi connectivity index (χ0) is 24.7. The van der Waals surface area contributed by atoms with Crippen LogP contribution < -0.4 is 10.1 Å². The minimum absolute atomic E-state index is 0.145. The number of hydrogen-bond acceptors (Lipinski definition) is 7. The highest BCUT2D eigenvalue weighted by molar-refractivity contribution is 5.89. The van der Waals surface area contributed by atoms with Crippen LogP contribution in [-0.4, -0.2) is 34.0 Å². The van der Waals surface area contributed by atoms with E-state index in [1.807, 2.05) is 27.7 Å². The lowest BCUT2D eigenvalue weighted by Crippen LogP contribution is -2.35. The molecule has 1 aliphatic rings. The van der Waals surface area contributed by atoms with Crippen molar-refractivity contribution in [2.75, 3.05) is 11.9 Å². The fourth-order valence-electron chi connectivity index (χ4n) is 4.10. The number of nitrogens with zero attached hydrogens (tertiary/aromatic N) is 4. The molecule has 0 unspecified atom stereocenters. The summed E-state index contributed by atoms with van der Waals surface area (Å²) < 4.78 is 48.9. The van der Waals surface area contributed by atoms with Gasteiger partial charge >= 0.3 is 12.2 Å². The van der Waals surface area contributed by atoms with Crippen LogP contribution in [-0.2, 0) is 5.41 Å². The van der Waals surface area contributed by atoms with Crippen LogP contribution in [0.4, 0.5) is 19.2 Å². The number of rotatable bonds is 6. The summed E-state index contributed by atoms with van der Waals surface area (Å²) in [4.78, 5) is 4.75. The number of halogens is 3. The molecule has 7 nitrogen and oxygen atoms in total. The van der Waals surface area contributed by atoms with Crippen molar-refractivity contribution in [2.24, 2.45) is 5.92 Å². The van der Waals surface area contributed by atoms with Crippen molar-refractivity contribution in [3.63, 3.8) is 0 Å². The van der Waals surface area contributed by atoms with E-state index in [4.69, 9.17) is 19.4 Å². The third-order valence-electron chi connectivity index (χ3n) is 5.89. The van der Waals surface area contributed by atoms with Crippen molar-refractivity contribution >= 4 is 16.9 Å². The zero-order valence-corrected chi connectivity index (χ0v) is 19.5. The molecule has 34 heavy (non-hydrogen) atoms. The average molecular weight is 473 g/mol. The molecule has 1 N–H and O–H groups in total. The molecular weight excluding hydrogens is 447 g/mol. The number of nitrogens with one attached hydrogen (secondary N) is 1. The molecule has 0 aliphatic heterocycles. The molecule has 180 valence electrons. The van der Waals surface area contributed by atoms with Gasteiger partial charge in [0, 0.05) is 17.8 Å². The van der Waals surface area contributed by atoms with Gasteiger partial charge in [0.05, 0.1) is 11.6 Å². The molecular formula is C24H26F3N5O2. The first-order valence-corrected chi connectivity index (χ1v) is 11.1. The first kappa shape index (κ1) is 23.8. The van der Waals surface area contributed by atoms with Crippen LogP contribution in [0.25, 0.3) is 22.5 Å². The second kappa shape index (κ2) is 8.78. The summed E-state index contributed by atoms with van der Waals surface area (Å²) in [5.74, 6) is 0.792. The normalized spacial score (nSPS) is 18.4. The maximum absolute atomic E-state index is 12.7.